The number of hydrogen-bond acceptors (Lipinski definition) is 4. The summed E-state index contributed by atoms with van der Waals surface area (Å²) in [5, 5.41) is 11.8. The molecular formula is C15H29N3O3. The van der Waals surface area contributed by atoms with E-state index in [2.05, 4.69) is 5.32 Å². The number of hydrogen-bond donors (Lipinski definition) is 3. The highest BCUT2D eigenvalue weighted by atomic mass is 16.3. The quantitative estimate of drug-likeness (QED) is 0.627. The van der Waals surface area contributed by atoms with Gasteiger partial charge in [0.15, 0.2) is 0 Å². The summed E-state index contributed by atoms with van der Waals surface area (Å²) in [5.41, 5.74) is 5.75. The fourth-order valence-electron chi connectivity index (χ4n) is 2.70. The van der Waals surface area contributed by atoms with Crippen molar-refractivity contribution in [3.8, 4) is 0 Å². The van der Waals surface area contributed by atoms with Crippen LogP contribution in [0.4, 0.5) is 0 Å². The molecule has 1 aliphatic carbocycles. The average molecular weight is 299 g/mol. The lowest BCUT2D eigenvalue weighted by Gasteiger charge is -2.34. The Hall–Kier alpha value is -1.14. The summed E-state index contributed by atoms with van der Waals surface area (Å²) in [6.45, 7) is 3.96. The van der Waals surface area contributed by atoms with Gasteiger partial charge in [-0.25, -0.2) is 0 Å². The zero-order valence-electron chi connectivity index (χ0n) is 13.2. The molecule has 1 rings (SSSR count). The normalized spacial score (nSPS) is 17.6. The molecule has 2 amide bonds. The Morgan fingerprint density at radius 1 is 1.29 bits per heavy atom. The van der Waals surface area contributed by atoms with Crippen molar-refractivity contribution in [1.82, 2.24) is 10.2 Å². The van der Waals surface area contributed by atoms with Crippen molar-refractivity contribution in [2.24, 2.45) is 11.7 Å². The first-order chi connectivity index (χ1) is 9.97. The van der Waals surface area contributed by atoms with Gasteiger partial charge < -0.3 is 21.1 Å². The first kappa shape index (κ1) is 17.9. The van der Waals surface area contributed by atoms with Crippen molar-refractivity contribution in [3.05, 3.63) is 0 Å². The number of nitrogens with zero attached hydrogens (tertiary/aromatic N) is 1. The first-order valence-corrected chi connectivity index (χ1v) is 7.91. The smallest absolute Gasteiger partial charge is 0.242 e. The van der Waals surface area contributed by atoms with E-state index < -0.39 is 6.04 Å². The van der Waals surface area contributed by atoms with Crippen molar-refractivity contribution in [1.29, 1.82) is 0 Å². The SMILES string of the molecule is CC(C)[C@H](N)C(=O)NCC(=O)N(CCO)C1CCCCC1. The van der Waals surface area contributed by atoms with Gasteiger partial charge in [0.25, 0.3) is 0 Å². The van der Waals surface area contributed by atoms with E-state index in [0.29, 0.717) is 6.54 Å². The molecule has 0 unspecified atom stereocenters. The summed E-state index contributed by atoms with van der Waals surface area (Å²) in [6.07, 6.45) is 5.39. The molecule has 0 aromatic heterocycles. The zero-order chi connectivity index (χ0) is 15.8. The van der Waals surface area contributed by atoms with Gasteiger partial charge in [-0.3, -0.25) is 9.59 Å². The van der Waals surface area contributed by atoms with E-state index in [0.717, 1.165) is 25.7 Å². The van der Waals surface area contributed by atoms with Crippen molar-refractivity contribution < 1.29 is 14.7 Å². The Balaban J connectivity index is 2.50. The van der Waals surface area contributed by atoms with Gasteiger partial charge in [-0.1, -0.05) is 33.1 Å². The third-order valence-electron chi connectivity index (χ3n) is 4.11. The number of carbonyl (C=O) groups excluding carboxylic acids is 2. The highest BCUT2D eigenvalue weighted by Crippen LogP contribution is 2.22. The van der Waals surface area contributed by atoms with Crippen LogP contribution in [-0.4, -0.2) is 53.6 Å². The fraction of sp³-hybridized carbons (Fsp3) is 0.867. The Bertz CT molecular complexity index is 341. The number of aliphatic hydroxyl groups is 1. The topological polar surface area (TPSA) is 95.7 Å². The van der Waals surface area contributed by atoms with Gasteiger partial charge >= 0.3 is 0 Å². The van der Waals surface area contributed by atoms with Crippen molar-refractivity contribution >= 4 is 11.8 Å². The molecule has 6 heteroatoms. The molecule has 0 spiro atoms. The highest BCUT2D eigenvalue weighted by Gasteiger charge is 2.26. The summed E-state index contributed by atoms with van der Waals surface area (Å²) in [4.78, 5) is 25.8. The predicted octanol–water partition coefficient (Wildman–Crippen LogP) is 0.240. The number of rotatable bonds is 7. The molecule has 1 fully saturated rings. The Labute approximate surface area is 127 Å². The molecule has 0 aliphatic heterocycles. The number of amides is 2. The van der Waals surface area contributed by atoms with Crippen LogP contribution in [0, 0.1) is 5.92 Å². The van der Waals surface area contributed by atoms with Crippen LogP contribution in [0.15, 0.2) is 0 Å². The third kappa shape index (κ3) is 5.63. The van der Waals surface area contributed by atoms with Gasteiger partial charge in [0.1, 0.15) is 0 Å². The minimum atomic E-state index is -0.598. The number of nitrogens with one attached hydrogen (secondary N) is 1. The standard InChI is InChI=1S/C15H29N3O3/c1-11(2)14(16)15(21)17-10-13(20)18(8-9-19)12-6-4-3-5-7-12/h11-12,14,19H,3-10,16H2,1-2H3,(H,17,21)/t14-/m0/s1. The van der Waals surface area contributed by atoms with Crippen LogP contribution < -0.4 is 11.1 Å². The molecule has 0 heterocycles. The maximum Gasteiger partial charge on any atom is 0.242 e. The van der Waals surface area contributed by atoms with Crippen LogP contribution in [0.3, 0.4) is 0 Å². The summed E-state index contributed by atoms with van der Waals surface area (Å²) in [6, 6.07) is -0.409. The molecule has 0 saturated heterocycles. The molecule has 4 N–H and O–H groups in total. The number of nitrogens with two attached hydrogens (primary N) is 1. The fourth-order valence-corrected chi connectivity index (χ4v) is 2.70. The van der Waals surface area contributed by atoms with Crippen LogP contribution >= 0.6 is 0 Å². The minimum absolute atomic E-state index is 0.0343. The van der Waals surface area contributed by atoms with Crippen LogP contribution in [0.25, 0.3) is 0 Å². The number of aliphatic hydroxyl groups excluding tert-OH is 1. The van der Waals surface area contributed by atoms with Gasteiger partial charge in [0, 0.05) is 12.6 Å². The van der Waals surface area contributed by atoms with Crippen LogP contribution in [0.1, 0.15) is 46.0 Å². The van der Waals surface area contributed by atoms with E-state index in [9.17, 15) is 9.59 Å². The molecule has 1 atom stereocenters. The predicted molar refractivity (Wildman–Crippen MR) is 81.5 cm³/mol. The lowest BCUT2D eigenvalue weighted by molar-refractivity contribution is -0.136. The second-order valence-electron chi connectivity index (χ2n) is 6.09. The molecule has 1 saturated carbocycles. The third-order valence-corrected chi connectivity index (χ3v) is 4.11. The monoisotopic (exact) mass is 299 g/mol. The molecule has 0 bridgehead atoms. The summed E-state index contributed by atoms with van der Waals surface area (Å²) < 4.78 is 0. The van der Waals surface area contributed by atoms with Gasteiger partial charge in [-0.05, 0) is 18.8 Å². The molecule has 6 nitrogen and oxygen atoms in total. The van der Waals surface area contributed by atoms with Crippen molar-refractivity contribution in [2.75, 3.05) is 19.7 Å². The van der Waals surface area contributed by atoms with Gasteiger partial charge in [0.05, 0.1) is 19.2 Å². The van der Waals surface area contributed by atoms with E-state index in [1.807, 2.05) is 13.8 Å². The highest BCUT2D eigenvalue weighted by molar-refractivity contribution is 5.87. The molecule has 1 aliphatic rings. The Morgan fingerprint density at radius 3 is 2.43 bits per heavy atom. The summed E-state index contributed by atoms with van der Waals surface area (Å²) in [5.74, 6) is -0.404. The van der Waals surface area contributed by atoms with E-state index in [-0.39, 0.29) is 36.9 Å². The number of carbonyl (C=O) groups is 2. The van der Waals surface area contributed by atoms with Crippen molar-refractivity contribution in [3.63, 3.8) is 0 Å². The zero-order valence-corrected chi connectivity index (χ0v) is 13.2. The van der Waals surface area contributed by atoms with Crippen LogP contribution in [-0.2, 0) is 9.59 Å². The maximum absolute atomic E-state index is 12.3. The van der Waals surface area contributed by atoms with Crippen LogP contribution in [0.2, 0.25) is 0 Å². The largest absolute Gasteiger partial charge is 0.395 e. The maximum atomic E-state index is 12.3. The first-order valence-electron chi connectivity index (χ1n) is 7.91. The Morgan fingerprint density at radius 2 is 1.90 bits per heavy atom. The molecule has 122 valence electrons. The summed E-state index contributed by atoms with van der Waals surface area (Å²) >= 11 is 0. The van der Waals surface area contributed by atoms with Crippen molar-refractivity contribution in [2.45, 2.75) is 58.0 Å². The van der Waals surface area contributed by atoms with E-state index in [1.165, 1.54) is 6.42 Å². The van der Waals surface area contributed by atoms with E-state index in [1.54, 1.807) is 4.90 Å². The molecule has 0 aromatic carbocycles. The molecule has 0 aromatic rings. The van der Waals surface area contributed by atoms with E-state index >= 15 is 0 Å². The average Bonchev–Trinajstić information content (AvgIpc) is 2.49. The lowest BCUT2D eigenvalue weighted by Crippen LogP contribution is -2.50. The second kappa shape index (κ2) is 9.00. The minimum Gasteiger partial charge on any atom is -0.395 e. The molecular weight excluding hydrogens is 270 g/mol. The van der Waals surface area contributed by atoms with E-state index in [4.69, 9.17) is 10.8 Å². The van der Waals surface area contributed by atoms with Crippen LogP contribution in [0.5, 0.6) is 0 Å². The lowest BCUT2D eigenvalue weighted by atomic mass is 9.94. The second-order valence-corrected chi connectivity index (χ2v) is 6.09. The molecule has 21 heavy (non-hydrogen) atoms. The summed E-state index contributed by atoms with van der Waals surface area (Å²) in [7, 11) is 0. The van der Waals surface area contributed by atoms with Gasteiger partial charge in [0.2, 0.25) is 11.8 Å². The van der Waals surface area contributed by atoms with Gasteiger partial charge in [-0.15, -0.1) is 0 Å². The van der Waals surface area contributed by atoms with Gasteiger partial charge in [-0.2, -0.15) is 0 Å². The Kier molecular flexibility index (Phi) is 7.67. The molecule has 0 radical (unpaired) electrons.